The molecule has 1 aliphatic rings. The molecular weight excluding hydrogens is 282 g/mol. The first kappa shape index (κ1) is 18.7. The molecule has 0 spiro atoms. The lowest BCUT2D eigenvalue weighted by Gasteiger charge is -2.42. The molecule has 3 N–H and O–H groups in total. The van der Waals surface area contributed by atoms with Crippen molar-refractivity contribution in [3.05, 3.63) is 0 Å². The van der Waals surface area contributed by atoms with Crippen LogP contribution in [0.3, 0.4) is 0 Å². The largest absolute Gasteiger partial charge is 0.444 e. The molecule has 0 saturated heterocycles. The second-order valence-electron chi connectivity index (χ2n) is 7.20. The topological polar surface area (TPSA) is 84.7 Å². The second-order valence-corrected chi connectivity index (χ2v) is 7.20. The molecule has 1 fully saturated rings. The number of alkyl carbamates (subject to hydrolysis) is 1. The SMILES string of the molecule is CC(C)N(C(=O)CN)[C@H]1CCCC[C@@H]1NC(=O)OC(C)(C)C. The van der Waals surface area contributed by atoms with Gasteiger partial charge in [0.25, 0.3) is 0 Å². The smallest absolute Gasteiger partial charge is 0.407 e. The number of rotatable bonds is 4. The number of ether oxygens (including phenoxy) is 1. The normalized spacial score (nSPS) is 22.3. The molecule has 1 saturated carbocycles. The van der Waals surface area contributed by atoms with Gasteiger partial charge in [0.05, 0.1) is 18.6 Å². The fraction of sp³-hybridized carbons (Fsp3) is 0.875. The summed E-state index contributed by atoms with van der Waals surface area (Å²) in [5.74, 6) is -0.0714. The molecule has 0 aromatic heterocycles. The van der Waals surface area contributed by atoms with Crippen LogP contribution in [0.4, 0.5) is 4.79 Å². The summed E-state index contributed by atoms with van der Waals surface area (Å²) in [7, 11) is 0. The zero-order valence-corrected chi connectivity index (χ0v) is 14.5. The molecule has 1 aliphatic carbocycles. The van der Waals surface area contributed by atoms with Gasteiger partial charge in [0.2, 0.25) is 5.91 Å². The molecule has 0 aliphatic heterocycles. The maximum absolute atomic E-state index is 12.2. The summed E-state index contributed by atoms with van der Waals surface area (Å²) in [5, 5.41) is 2.94. The number of nitrogens with one attached hydrogen (secondary N) is 1. The van der Waals surface area contributed by atoms with Crippen LogP contribution < -0.4 is 11.1 Å². The van der Waals surface area contributed by atoms with Gasteiger partial charge in [-0.25, -0.2) is 4.79 Å². The predicted molar refractivity (Wildman–Crippen MR) is 86.5 cm³/mol. The molecule has 0 radical (unpaired) electrons. The highest BCUT2D eigenvalue weighted by Gasteiger charge is 2.35. The van der Waals surface area contributed by atoms with Crippen LogP contribution in [0.5, 0.6) is 0 Å². The van der Waals surface area contributed by atoms with Gasteiger partial charge in [0.1, 0.15) is 5.60 Å². The number of nitrogens with zero attached hydrogens (tertiary/aromatic N) is 1. The van der Waals surface area contributed by atoms with Crippen molar-refractivity contribution in [3.8, 4) is 0 Å². The van der Waals surface area contributed by atoms with E-state index >= 15 is 0 Å². The van der Waals surface area contributed by atoms with Gasteiger partial charge in [-0.1, -0.05) is 12.8 Å². The molecule has 22 heavy (non-hydrogen) atoms. The minimum Gasteiger partial charge on any atom is -0.444 e. The summed E-state index contributed by atoms with van der Waals surface area (Å²) in [5.41, 5.74) is 5.02. The number of nitrogens with two attached hydrogens (primary N) is 1. The Kier molecular flexibility index (Phi) is 6.66. The monoisotopic (exact) mass is 313 g/mol. The van der Waals surface area contributed by atoms with Crippen molar-refractivity contribution in [3.63, 3.8) is 0 Å². The molecule has 0 unspecified atom stereocenters. The van der Waals surface area contributed by atoms with Gasteiger partial charge in [-0.15, -0.1) is 0 Å². The number of carbonyl (C=O) groups excluding carboxylic acids is 2. The first-order valence-corrected chi connectivity index (χ1v) is 8.16. The summed E-state index contributed by atoms with van der Waals surface area (Å²) < 4.78 is 5.34. The highest BCUT2D eigenvalue weighted by atomic mass is 16.6. The maximum Gasteiger partial charge on any atom is 0.407 e. The van der Waals surface area contributed by atoms with Gasteiger partial charge < -0.3 is 20.7 Å². The van der Waals surface area contributed by atoms with Crippen LogP contribution >= 0.6 is 0 Å². The van der Waals surface area contributed by atoms with Crippen molar-refractivity contribution >= 4 is 12.0 Å². The van der Waals surface area contributed by atoms with Crippen LogP contribution in [0.25, 0.3) is 0 Å². The fourth-order valence-corrected chi connectivity index (χ4v) is 3.03. The molecular formula is C16H31N3O3. The van der Waals surface area contributed by atoms with Gasteiger partial charge in [-0.3, -0.25) is 4.79 Å². The first-order chi connectivity index (χ1) is 10.2. The lowest BCUT2D eigenvalue weighted by molar-refractivity contribution is -0.135. The Morgan fingerprint density at radius 1 is 1.27 bits per heavy atom. The summed E-state index contributed by atoms with van der Waals surface area (Å²) in [6.07, 6.45) is 3.40. The van der Waals surface area contributed by atoms with Gasteiger partial charge >= 0.3 is 6.09 Å². The van der Waals surface area contributed by atoms with E-state index in [1.807, 2.05) is 39.5 Å². The van der Waals surface area contributed by atoms with E-state index in [9.17, 15) is 9.59 Å². The van der Waals surface area contributed by atoms with E-state index in [0.29, 0.717) is 0 Å². The van der Waals surface area contributed by atoms with Gasteiger partial charge in [-0.05, 0) is 47.5 Å². The summed E-state index contributed by atoms with van der Waals surface area (Å²) in [6.45, 7) is 9.46. The van der Waals surface area contributed by atoms with Crippen molar-refractivity contribution in [1.82, 2.24) is 10.2 Å². The van der Waals surface area contributed by atoms with Crippen LogP contribution in [0.15, 0.2) is 0 Å². The Balaban J connectivity index is 2.81. The number of hydrogen-bond acceptors (Lipinski definition) is 4. The van der Waals surface area contributed by atoms with Gasteiger partial charge in [-0.2, -0.15) is 0 Å². The molecule has 0 aromatic carbocycles. The third-order valence-electron chi connectivity index (χ3n) is 3.81. The van der Waals surface area contributed by atoms with E-state index in [0.717, 1.165) is 25.7 Å². The summed E-state index contributed by atoms with van der Waals surface area (Å²) in [4.78, 5) is 26.0. The molecule has 0 bridgehead atoms. The average molecular weight is 313 g/mol. The Morgan fingerprint density at radius 2 is 1.86 bits per heavy atom. The van der Waals surface area contributed by atoms with Crippen LogP contribution in [0, 0.1) is 0 Å². The van der Waals surface area contributed by atoms with Crippen molar-refractivity contribution in [2.24, 2.45) is 5.73 Å². The van der Waals surface area contributed by atoms with Crippen LogP contribution in [-0.2, 0) is 9.53 Å². The van der Waals surface area contributed by atoms with E-state index < -0.39 is 11.7 Å². The molecule has 6 heteroatoms. The average Bonchev–Trinajstić information content (AvgIpc) is 2.38. The molecule has 0 heterocycles. The Labute approximate surface area is 133 Å². The van der Waals surface area contributed by atoms with Crippen LogP contribution in [-0.4, -0.2) is 47.2 Å². The van der Waals surface area contributed by atoms with Gasteiger partial charge in [0, 0.05) is 6.04 Å². The first-order valence-electron chi connectivity index (χ1n) is 8.16. The van der Waals surface area contributed by atoms with Crippen LogP contribution in [0.1, 0.15) is 60.3 Å². The lowest BCUT2D eigenvalue weighted by atomic mass is 9.88. The van der Waals surface area contributed by atoms with E-state index in [2.05, 4.69) is 5.32 Å². The quantitative estimate of drug-likeness (QED) is 0.831. The van der Waals surface area contributed by atoms with E-state index in [1.54, 1.807) is 0 Å². The van der Waals surface area contributed by atoms with Crippen molar-refractivity contribution in [2.45, 2.75) is 84.0 Å². The minimum absolute atomic E-state index is 0.00611. The number of carbonyl (C=O) groups is 2. The Bertz CT molecular complexity index is 391. The Hall–Kier alpha value is -1.30. The fourth-order valence-electron chi connectivity index (χ4n) is 3.03. The maximum atomic E-state index is 12.2. The minimum atomic E-state index is -0.529. The lowest BCUT2D eigenvalue weighted by Crippen LogP contribution is -2.58. The summed E-state index contributed by atoms with van der Waals surface area (Å²) in [6, 6.07) is -0.0408. The number of amides is 2. The molecule has 1 rings (SSSR count). The number of hydrogen-bond donors (Lipinski definition) is 2. The van der Waals surface area contributed by atoms with E-state index in [1.165, 1.54) is 0 Å². The molecule has 2 amide bonds. The van der Waals surface area contributed by atoms with Gasteiger partial charge in [0.15, 0.2) is 0 Å². The van der Waals surface area contributed by atoms with E-state index in [4.69, 9.17) is 10.5 Å². The third-order valence-corrected chi connectivity index (χ3v) is 3.81. The molecule has 6 nitrogen and oxygen atoms in total. The zero-order chi connectivity index (χ0) is 16.9. The summed E-state index contributed by atoms with van der Waals surface area (Å²) >= 11 is 0. The molecule has 2 atom stereocenters. The van der Waals surface area contributed by atoms with E-state index in [-0.39, 0.29) is 30.6 Å². The molecule has 0 aromatic rings. The van der Waals surface area contributed by atoms with Crippen molar-refractivity contribution < 1.29 is 14.3 Å². The highest BCUT2D eigenvalue weighted by molar-refractivity contribution is 5.79. The predicted octanol–water partition coefficient (Wildman–Crippen LogP) is 2.02. The van der Waals surface area contributed by atoms with Crippen molar-refractivity contribution in [1.29, 1.82) is 0 Å². The third kappa shape index (κ3) is 5.48. The molecule has 128 valence electrons. The zero-order valence-electron chi connectivity index (χ0n) is 14.5. The second kappa shape index (κ2) is 7.81. The standard InChI is InChI=1S/C16H31N3O3/c1-11(2)19(14(20)10-17)13-9-7-6-8-12(13)18-15(21)22-16(3,4)5/h11-13H,6-10,17H2,1-5H3,(H,18,21)/t12-,13-/m0/s1. The van der Waals surface area contributed by atoms with Crippen molar-refractivity contribution in [2.75, 3.05) is 6.54 Å². The highest BCUT2D eigenvalue weighted by Crippen LogP contribution is 2.25. The van der Waals surface area contributed by atoms with Crippen LogP contribution in [0.2, 0.25) is 0 Å². The Morgan fingerprint density at radius 3 is 2.36 bits per heavy atom.